The van der Waals surface area contributed by atoms with Crippen molar-refractivity contribution in [3.05, 3.63) is 33.9 Å². The number of carbonyl (C=O) groups excluding carboxylic acids is 1. The second kappa shape index (κ2) is 5.20. The number of hydrogen-bond donors (Lipinski definition) is 0. The van der Waals surface area contributed by atoms with E-state index in [1.165, 1.54) is 17.9 Å². The van der Waals surface area contributed by atoms with Crippen molar-refractivity contribution in [3.8, 4) is 0 Å². The molecule has 0 unspecified atom stereocenters. The first-order valence-electron chi connectivity index (χ1n) is 5.53. The summed E-state index contributed by atoms with van der Waals surface area (Å²) >= 11 is 5.77. The van der Waals surface area contributed by atoms with Crippen LogP contribution in [0.5, 0.6) is 0 Å². The molecule has 1 fully saturated rings. The Labute approximate surface area is 108 Å². The number of ether oxygens (including phenoxy) is 1. The summed E-state index contributed by atoms with van der Waals surface area (Å²) in [6.07, 6.45) is 0. The van der Waals surface area contributed by atoms with Crippen LogP contribution in [0, 0.1) is 18.6 Å². The molecule has 2 rings (SSSR count). The van der Waals surface area contributed by atoms with Gasteiger partial charge in [0.05, 0.1) is 18.8 Å². The topological polar surface area (TPSA) is 29.5 Å². The van der Waals surface area contributed by atoms with E-state index in [0.717, 1.165) is 0 Å². The molecule has 98 valence electrons. The van der Waals surface area contributed by atoms with Gasteiger partial charge in [-0.3, -0.25) is 4.79 Å². The summed E-state index contributed by atoms with van der Waals surface area (Å²) in [5.41, 5.74) is -0.322. The van der Waals surface area contributed by atoms with Gasteiger partial charge < -0.3 is 9.64 Å². The van der Waals surface area contributed by atoms with Crippen molar-refractivity contribution in [2.24, 2.45) is 0 Å². The predicted octanol–water partition coefficient (Wildman–Crippen LogP) is 2.40. The Balaban J connectivity index is 2.35. The quantitative estimate of drug-likeness (QED) is 0.737. The largest absolute Gasteiger partial charge is 0.378 e. The summed E-state index contributed by atoms with van der Waals surface area (Å²) in [5.74, 6) is -2.77. The molecule has 0 aromatic heterocycles. The molecule has 0 bridgehead atoms. The highest BCUT2D eigenvalue weighted by molar-refractivity contribution is 6.31. The number of rotatable bonds is 1. The van der Waals surface area contributed by atoms with Crippen molar-refractivity contribution in [3.63, 3.8) is 0 Å². The zero-order valence-electron chi connectivity index (χ0n) is 9.80. The molecule has 0 N–H and O–H groups in total. The van der Waals surface area contributed by atoms with Gasteiger partial charge in [0, 0.05) is 23.7 Å². The maximum Gasteiger partial charge on any atom is 0.257 e. The lowest BCUT2D eigenvalue weighted by Gasteiger charge is -2.27. The summed E-state index contributed by atoms with van der Waals surface area (Å²) in [4.78, 5) is 13.5. The van der Waals surface area contributed by atoms with Gasteiger partial charge in [-0.2, -0.15) is 0 Å². The van der Waals surface area contributed by atoms with Crippen molar-refractivity contribution in [1.29, 1.82) is 0 Å². The van der Waals surface area contributed by atoms with Crippen LogP contribution in [0.15, 0.2) is 6.07 Å². The maximum absolute atomic E-state index is 13.7. The standard InChI is InChI=1S/C12H12ClF2NO2/c1-7-9(13)6-8(11(15)10(7)14)12(17)16-2-4-18-5-3-16/h6H,2-5H2,1H3. The van der Waals surface area contributed by atoms with E-state index in [1.807, 2.05) is 0 Å². The minimum absolute atomic E-state index is 0.00712. The molecule has 1 amide bonds. The monoisotopic (exact) mass is 275 g/mol. The van der Waals surface area contributed by atoms with Gasteiger partial charge in [0.1, 0.15) is 0 Å². The van der Waals surface area contributed by atoms with E-state index in [-0.39, 0.29) is 16.1 Å². The molecule has 1 aromatic carbocycles. The number of nitrogens with zero attached hydrogens (tertiary/aromatic N) is 1. The third kappa shape index (κ3) is 2.33. The third-order valence-corrected chi connectivity index (χ3v) is 3.31. The minimum Gasteiger partial charge on any atom is -0.378 e. The summed E-state index contributed by atoms with van der Waals surface area (Å²) < 4.78 is 32.4. The Kier molecular flexibility index (Phi) is 3.82. The van der Waals surface area contributed by atoms with Crippen LogP contribution in [-0.2, 0) is 4.74 Å². The van der Waals surface area contributed by atoms with E-state index in [0.29, 0.717) is 26.3 Å². The molecule has 1 aliphatic rings. The normalized spacial score (nSPS) is 15.9. The van der Waals surface area contributed by atoms with E-state index in [4.69, 9.17) is 16.3 Å². The number of amides is 1. The molecule has 0 aliphatic carbocycles. The van der Waals surface area contributed by atoms with Crippen molar-refractivity contribution < 1.29 is 18.3 Å². The van der Waals surface area contributed by atoms with E-state index in [1.54, 1.807) is 0 Å². The van der Waals surface area contributed by atoms with Gasteiger partial charge in [0.15, 0.2) is 11.6 Å². The molecule has 0 spiro atoms. The number of carbonyl (C=O) groups is 1. The third-order valence-electron chi connectivity index (χ3n) is 2.92. The molecule has 1 heterocycles. The molecule has 0 radical (unpaired) electrons. The SMILES string of the molecule is Cc1c(Cl)cc(C(=O)N2CCOCC2)c(F)c1F. The van der Waals surface area contributed by atoms with Crippen molar-refractivity contribution in [2.75, 3.05) is 26.3 Å². The first-order chi connectivity index (χ1) is 8.52. The maximum atomic E-state index is 13.7. The van der Waals surface area contributed by atoms with Gasteiger partial charge in [-0.1, -0.05) is 11.6 Å². The molecule has 1 aromatic rings. The van der Waals surface area contributed by atoms with Crippen LogP contribution in [-0.4, -0.2) is 37.1 Å². The van der Waals surface area contributed by atoms with Crippen LogP contribution in [0.2, 0.25) is 5.02 Å². The first kappa shape index (κ1) is 13.2. The second-order valence-corrected chi connectivity index (χ2v) is 4.47. The van der Waals surface area contributed by atoms with Gasteiger partial charge in [-0.05, 0) is 13.0 Å². The van der Waals surface area contributed by atoms with Gasteiger partial charge in [0.25, 0.3) is 5.91 Å². The fraction of sp³-hybridized carbons (Fsp3) is 0.417. The minimum atomic E-state index is -1.15. The van der Waals surface area contributed by atoms with Crippen LogP contribution >= 0.6 is 11.6 Å². The zero-order valence-corrected chi connectivity index (χ0v) is 10.6. The Morgan fingerprint density at radius 1 is 1.33 bits per heavy atom. The smallest absolute Gasteiger partial charge is 0.257 e. The van der Waals surface area contributed by atoms with Crippen LogP contribution in [0.25, 0.3) is 0 Å². The fourth-order valence-electron chi connectivity index (χ4n) is 1.78. The molecule has 3 nitrogen and oxygen atoms in total. The van der Waals surface area contributed by atoms with Crippen molar-refractivity contribution in [2.45, 2.75) is 6.92 Å². The van der Waals surface area contributed by atoms with Crippen LogP contribution in [0.1, 0.15) is 15.9 Å². The lowest BCUT2D eigenvalue weighted by atomic mass is 10.1. The molecule has 0 saturated carbocycles. The van der Waals surface area contributed by atoms with Crippen LogP contribution in [0.3, 0.4) is 0 Å². The highest BCUT2D eigenvalue weighted by atomic mass is 35.5. The van der Waals surface area contributed by atoms with E-state index in [9.17, 15) is 13.6 Å². The average molecular weight is 276 g/mol. The summed E-state index contributed by atoms with van der Waals surface area (Å²) in [6.45, 7) is 2.89. The second-order valence-electron chi connectivity index (χ2n) is 4.06. The Morgan fingerprint density at radius 2 is 1.94 bits per heavy atom. The predicted molar refractivity (Wildman–Crippen MR) is 62.8 cm³/mol. The molecule has 6 heteroatoms. The summed E-state index contributed by atoms with van der Waals surface area (Å²) in [7, 11) is 0. The average Bonchev–Trinajstić information content (AvgIpc) is 2.41. The Bertz CT molecular complexity index is 487. The van der Waals surface area contributed by atoms with Gasteiger partial charge >= 0.3 is 0 Å². The zero-order chi connectivity index (χ0) is 13.3. The summed E-state index contributed by atoms with van der Waals surface area (Å²) in [5, 5.41) is 0.0468. The van der Waals surface area contributed by atoms with Crippen molar-refractivity contribution in [1.82, 2.24) is 4.90 Å². The number of hydrogen-bond acceptors (Lipinski definition) is 2. The van der Waals surface area contributed by atoms with Crippen LogP contribution < -0.4 is 0 Å². The van der Waals surface area contributed by atoms with Crippen LogP contribution in [0.4, 0.5) is 8.78 Å². The molecule has 0 atom stereocenters. The highest BCUT2D eigenvalue weighted by Crippen LogP contribution is 2.25. The van der Waals surface area contributed by atoms with Gasteiger partial charge in [0.2, 0.25) is 0 Å². The van der Waals surface area contributed by atoms with E-state index in [2.05, 4.69) is 0 Å². The summed E-state index contributed by atoms with van der Waals surface area (Å²) in [6, 6.07) is 1.17. The molecule has 1 aliphatic heterocycles. The fourth-order valence-corrected chi connectivity index (χ4v) is 1.97. The highest BCUT2D eigenvalue weighted by Gasteiger charge is 2.25. The molecule has 18 heavy (non-hydrogen) atoms. The van der Waals surface area contributed by atoms with E-state index < -0.39 is 17.5 Å². The van der Waals surface area contributed by atoms with Crippen molar-refractivity contribution >= 4 is 17.5 Å². The Hall–Kier alpha value is -1.20. The number of morpholine rings is 1. The molecule has 1 saturated heterocycles. The lowest BCUT2D eigenvalue weighted by molar-refractivity contribution is 0.0299. The first-order valence-corrected chi connectivity index (χ1v) is 5.91. The number of halogens is 3. The van der Waals surface area contributed by atoms with E-state index >= 15 is 0 Å². The lowest BCUT2D eigenvalue weighted by Crippen LogP contribution is -2.41. The molecular formula is C12H12ClF2NO2. The van der Waals surface area contributed by atoms with Gasteiger partial charge in [-0.25, -0.2) is 8.78 Å². The van der Waals surface area contributed by atoms with Gasteiger partial charge in [-0.15, -0.1) is 0 Å². The Morgan fingerprint density at radius 3 is 2.56 bits per heavy atom. The number of benzene rings is 1. The molecular weight excluding hydrogens is 264 g/mol.